The summed E-state index contributed by atoms with van der Waals surface area (Å²) in [6.07, 6.45) is 0. The normalized spacial score (nSPS) is 11.0. The van der Waals surface area contributed by atoms with Gasteiger partial charge in [0.25, 0.3) is 0 Å². The zero-order valence-corrected chi connectivity index (χ0v) is 12.1. The number of phenols is 1. The molecular weight excluding hydrogens is 291 g/mol. The van der Waals surface area contributed by atoms with E-state index in [-0.39, 0.29) is 5.75 Å². The van der Waals surface area contributed by atoms with Crippen LogP contribution in [0.1, 0.15) is 0 Å². The summed E-state index contributed by atoms with van der Waals surface area (Å²) in [5.74, 6) is -0.621. The van der Waals surface area contributed by atoms with E-state index < -0.39 is 5.82 Å². The van der Waals surface area contributed by atoms with Crippen molar-refractivity contribution in [2.24, 2.45) is 0 Å². The summed E-state index contributed by atoms with van der Waals surface area (Å²) in [6, 6.07) is 21.6. The fraction of sp³-hybridized carbons (Fsp3) is 0. The third kappa shape index (κ3) is 2.25. The maximum atomic E-state index is 13.3. The average molecular weight is 304 g/mol. The van der Waals surface area contributed by atoms with Gasteiger partial charge in [0, 0.05) is 17.0 Å². The Bertz CT molecular complexity index is 993. The molecule has 0 aliphatic rings. The third-order valence-electron chi connectivity index (χ3n) is 3.80. The van der Waals surface area contributed by atoms with Crippen LogP contribution in [0.4, 0.5) is 4.39 Å². The number of phenolic OH excluding ortho intramolecular Hbond substituents is 1. The quantitative estimate of drug-likeness (QED) is 0.590. The molecule has 0 spiro atoms. The van der Waals surface area contributed by atoms with Gasteiger partial charge >= 0.3 is 0 Å². The van der Waals surface area contributed by atoms with Crippen molar-refractivity contribution in [1.82, 2.24) is 9.78 Å². The van der Waals surface area contributed by atoms with Crippen LogP contribution in [-0.2, 0) is 0 Å². The van der Waals surface area contributed by atoms with Crippen molar-refractivity contribution < 1.29 is 9.50 Å². The lowest BCUT2D eigenvalue weighted by Crippen LogP contribution is -1.97. The van der Waals surface area contributed by atoms with Gasteiger partial charge < -0.3 is 5.11 Å². The Morgan fingerprint density at radius 1 is 0.870 bits per heavy atom. The highest BCUT2D eigenvalue weighted by molar-refractivity contribution is 5.94. The van der Waals surface area contributed by atoms with E-state index in [0.29, 0.717) is 5.69 Å². The number of hydrogen-bond donors (Lipinski definition) is 1. The maximum Gasteiger partial charge on any atom is 0.144 e. The smallest absolute Gasteiger partial charge is 0.144 e. The highest BCUT2D eigenvalue weighted by atomic mass is 19.1. The third-order valence-corrected chi connectivity index (χ3v) is 3.80. The zero-order valence-electron chi connectivity index (χ0n) is 12.1. The van der Waals surface area contributed by atoms with Crippen LogP contribution in [0.15, 0.2) is 72.8 Å². The van der Waals surface area contributed by atoms with Gasteiger partial charge in [-0.3, -0.25) is 0 Å². The first-order valence-electron chi connectivity index (χ1n) is 7.26. The van der Waals surface area contributed by atoms with E-state index in [4.69, 9.17) is 0 Å². The Morgan fingerprint density at radius 3 is 2.39 bits per heavy atom. The number of aromatic hydroxyl groups is 1. The molecule has 4 rings (SSSR count). The predicted octanol–water partition coefficient (Wildman–Crippen LogP) is 4.54. The Morgan fingerprint density at radius 2 is 1.61 bits per heavy atom. The molecule has 0 saturated carbocycles. The van der Waals surface area contributed by atoms with Gasteiger partial charge in [0.15, 0.2) is 0 Å². The van der Waals surface area contributed by atoms with Crippen LogP contribution in [0.2, 0.25) is 0 Å². The second-order valence-electron chi connectivity index (χ2n) is 5.28. The Labute approximate surface area is 132 Å². The lowest BCUT2D eigenvalue weighted by Gasteiger charge is -2.06. The van der Waals surface area contributed by atoms with Crippen LogP contribution in [0, 0.1) is 5.82 Å². The molecule has 0 aliphatic carbocycles. The number of fused-ring (bicyclic) bond motifs is 1. The van der Waals surface area contributed by atoms with Crippen LogP contribution in [-0.4, -0.2) is 14.9 Å². The predicted molar refractivity (Wildman–Crippen MR) is 88.1 cm³/mol. The molecule has 1 heterocycles. The molecule has 4 aromatic rings. The first kappa shape index (κ1) is 13.5. The molecule has 0 aliphatic heterocycles. The molecular formula is C19H13FN2O. The molecule has 1 aromatic heterocycles. The molecule has 3 nitrogen and oxygen atoms in total. The summed E-state index contributed by atoms with van der Waals surface area (Å²) in [7, 11) is 0. The first-order valence-corrected chi connectivity index (χ1v) is 7.26. The summed E-state index contributed by atoms with van der Waals surface area (Å²) in [5.41, 5.74) is 3.12. The number of halogens is 1. The van der Waals surface area contributed by atoms with Crippen molar-refractivity contribution in [2.75, 3.05) is 0 Å². The van der Waals surface area contributed by atoms with Gasteiger partial charge in [0.05, 0.1) is 5.52 Å². The van der Waals surface area contributed by atoms with Crippen LogP contribution in [0.3, 0.4) is 0 Å². The maximum absolute atomic E-state index is 13.3. The van der Waals surface area contributed by atoms with Gasteiger partial charge in [-0.1, -0.05) is 48.5 Å². The van der Waals surface area contributed by atoms with Crippen LogP contribution < -0.4 is 0 Å². The van der Waals surface area contributed by atoms with Gasteiger partial charge in [-0.2, -0.15) is 5.10 Å². The lowest BCUT2D eigenvalue weighted by atomic mass is 10.1. The Kier molecular flexibility index (Phi) is 3.08. The average Bonchev–Trinajstić information content (AvgIpc) is 2.95. The van der Waals surface area contributed by atoms with Crippen molar-refractivity contribution in [2.45, 2.75) is 0 Å². The number of nitrogens with zero attached hydrogens (tertiary/aromatic N) is 2. The lowest BCUT2D eigenvalue weighted by molar-refractivity contribution is 0.465. The molecule has 4 heteroatoms. The van der Waals surface area contributed by atoms with E-state index in [2.05, 4.69) is 5.10 Å². The fourth-order valence-electron chi connectivity index (χ4n) is 2.73. The fourth-order valence-corrected chi connectivity index (χ4v) is 2.73. The summed E-state index contributed by atoms with van der Waals surface area (Å²) in [5, 5.41) is 15.7. The first-order chi connectivity index (χ1) is 11.2. The number of benzene rings is 3. The van der Waals surface area contributed by atoms with Gasteiger partial charge in [0.1, 0.15) is 22.9 Å². The molecule has 3 aromatic carbocycles. The largest absolute Gasteiger partial charge is 0.506 e. The number of aromatic nitrogens is 2. The van der Waals surface area contributed by atoms with Gasteiger partial charge in [0.2, 0.25) is 0 Å². The van der Waals surface area contributed by atoms with E-state index in [1.54, 1.807) is 4.68 Å². The van der Waals surface area contributed by atoms with E-state index in [9.17, 15) is 9.50 Å². The van der Waals surface area contributed by atoms with E-state index in [1.165, 1.54) is 12.1 Å². The van der Waals surface area contributed by atoms with Crippen LogP contribution in [0.25, 0.3) is 27.8 Å². The summed E-state index contributed by atoms with van der Waals surface area (Å²) >= 11 is 0. The van der Waals surface area contributed by atoms with E-state index in [0.717, 1.165) is 28.2 Å². The van der Waals surface area contributed by atoms with Crippen LogP contribution in [0.5, 0.6) is 5.75 Å². The number of rotatable bonds is 2. The second kappa shape index (κ2) is 5.25. The summed E-state index contributed by atoms with van der Waals surface area (Å²) in [6.45, 7) is 0. The van der Waals surface area contributed by atoms with Crippen molar-refractivity contribution in [3.05, 3.63) is 78.6 Å². The van der Waals surface area contributed by atoms with Crippen LogP contribution >= 0.6 is 0 Å². The molecule has 0 radical (unpaired) electrons. The summed E-state index contributed by atoms with van der Waals surface area (Å²) in [4.78, 5) is 0. The summed E-state index contributed by atoms with van der Waals surface area (Å²) < 4.78 is 14.9. The Balaban J connectivity index is 2.02. The molecule has 0 amide bonds. The minimum Gasteiger partial charge on any atom is -0.506 e. The second-order valence-corrected chi connectivity index (χ2v) is 5.28. The zero-order chi connectivity index (χ0) is 15.8. The van der Waals surface area contributed by atoms with Gasteiger partial charge in [-0.15, -0.1) is 0 Å². The highest BCUT2D eigenvalue weighted by Crippen LogP contribution is 2.32. The minimum absolute atomic E-state index is 0.141. The van der Waals surface area contributed by atoms with Crippen molar-refractivity contribution in [3.8, 4) is 22.7 Å². The van der Waals surface area contributed by atoms with Crippen molar-refractivity contribution >= 4 is 10.9 Å². The molecule has 0 atom stereocenters. The minimum atomic E-state index is -0.481. The highest BCUT2D eigenvalue weighted by Gasteiger charge is 2.15. The topological polar surface area (TPSA) is 38.0 Å². The van der Waals surface area contributed by atoms with Gasteiger partial charge in [-0.25, -0.2) is 9.07 Å². The molecule has 0 saturated heterocycles. The molecule has 0 bridgehead atoms. The molecule has 0 unspecified atom stereocenters. The van der Waals surface area contributed by atoms with Crippen molar-refractivity contribution in [3.63, 3.8) is 0 Å². The van der Waals surface area contributed by atoms with Gasteiger partial charge in [-0.05, 0) is 18.2 Å². The number of hydrogen-bond acceptors (Lipinski definition) is 2. The number of para-hydroxylation sites is 1. The SMILES string of the molecule is Oc1cc(F)ccc1-n1nc(-c2ccccc2)c2ccccc21. The van der Waals surface area contributed by atoms with Crippen molar-refractivity contribution in [1.29, 1.82) is 0 Å². The molecule has 112 valence electrons. The monoisotopic (exact) mass is 304 g/mol. The van der Waals surface area contributed by atoms with E-state index in [1.807, 2.05) is 54.6 Å². The molecule has 0 fully saturated rings. The molecule has 23 heavy (non-hydrogen) atoms. The molecule has 1 N–H and O–H groups in total. The van der Waals surface area contributed by atoms with E-state index >= 15 is 0 Å². The Hall–Kier alpha value is -3.14. The standard InChI is InChI=1S/C19H13FN2O/c20-14-10-11-17(18(23)12-14)22-16-9-5-4-8-15(16)19(21-22)13-6-2-1-3-7-13/h1-12,23H.